The highest BCUT2D eigenvalue weighted by molar-refractivity contribution is 5.98. The van der Waals surface area contributed by atoms with E-state index in [4.69, 9.17) is 20.3 Å². The topological polar surface area (TPSA) is 67.9 Å². The van der Waals surface area contributed by atoms with Crippen molar-refractivity contribution in [3.05, 3.63) is 29.8 Å². The molecule has 0 saturated heterocycles. The van der Waals surface area contributed by atoms with Crippen LogP contribution >= 0.6 is 0 Å². The zero-order chi connectivity index (χ0) is 12.0. The summed E-state index contributed by atoms with van der Waals surface area (Å²) in [6, 6.07) is 7.14. The Kier molecular flexibility index (Phi) is 4.51. The van der Waals surface area contributed by atoms with Gasteiger partial charge in [-0.1, -0.05) is 13.0 Å². The van der Waals surface area contributed by atoms with Crippen molar-refractivity contribution >= 4 is 11.8 Å². The molecule has 0 saturated carbocycles. The number of rotatable bonds is 4. The minimum atomic E-state index is 0.0462. The fourth-order valence-corrected chi connectivity index (χ4v) is 1.25. The van der Waals surface area contributed by atoms with E-state index in [0.717, 1.165) is 6.42 Å². The van der Waals surface area contributed by atoms with Gasteiger partial charge < -0.3 is 9.47 Å². The molecule has 1 aromatic rings. The maximum Gasteiger partial charge on any atom is 0.339 e. The lowest BCUT2D eigenvalue weighted by molar-refractivity contribution is -0.135. The van der Waals surface area contributed by atoms with E-state index in [0.29, 0.717) is 23.6 Å². The molecule has 4 heteroatoms. The molecule has 0 atom stereocenters. The van der Waals surface area contributed by atoms with Gasteiger partial charge in [-0.15, -0.1) is 0 Å². The Bertz CT molecular complexity index is 388. The van der Waals surface area contributed by atoms with E-state index in [9.17, 15) is 0 Å². The number of hydrogen-bond acceptors (Lipinski definition) is 3. The molecule has 0 unspecified atom stereocenters. The van der Waals surface area contributed by atoms with Crippen LogP contribution in [-0.4, -0.2) is 18.9 Å². The molecule has 0 spiro atoms. The lowest BCUT2D eigenvalue weighted by atomic mass is 10.2. The van der Waals surface area contributed by atoms with Gasteiger partial charge in [-0.25, -0.2) is 5.41 Å². The van der Waals surface area contributed by atoms with Crippen molar-refractivity contribution < 1.29 is 14.9 Å². The molecule has 0 fully saturated rings. The quantitative estimate of drug-likeness (QED) is 0.588. The van der Waals surface area contributed by atoms with Crippen LogP contribution in [0.5, 0.6) is 5.75 Å². The summed E-state index contributed by atoms with van der Waals surface area (Å²) in [6.07, 6.45) is 1.56. The van der Waals surface area contributed by atoms with Crippen LogP contribution in [0.2, 0.25) is 0 Å². The van der Waals surface area contributed by atoms with E-state index in [1.807, 2.05) is 19.1 Å². The average Bonchev–Trinajstić information content (AvgIpc) is 2.29. The minimum absolute atomic E-state index is 0.0462. The normalized spacial score (nSPS) is 9.62. The van der Waals surface area contributed by atoms with Gasteiger partial charge in [-0.2, -0.15) is 0 Å². The number of methoxy groups -OCH3 is 1. The predicted molar refractivity (Wildman–Crippen MR) is 62.7 cm³/mol. The Morgan fingerprint density at radius 3 is 2.81 bits per heavy atom. The fraction of sp³-hybridized carbons (Fsp3) is 0.333. The van der Waals surface area contributed by atoms with Gasteiger partial charge in [0.2, 0.25) is 5.90 Å². The first-order valence-electron chi connectivity index (χ1n) is 5.19. The van der Waals surface area contributed by atoms with Gasteiger partial charge in [0.05, 0.1) is 13.5 Å². The molecule has 0 radical (unpaired) electrons. The Hall–Kier alpha value is -1.84. The van der Waals surface area contributed by atoms with Crippen molar-refractivity contribution in [3.8, 4) is 5.75 Å². The van der Waals surface area contributed by atoms with E-state index in [1.54, 1.807) is 19.2 Å². The zero-order valence-corrected chi connectivity index (χ0v) is 9.62. The zero-order valence-electron chi connectivity index (χ0n) is 9.62. The van der Waals surface area contributed by atoms with Crippen molar-refractivity contribution in [2.75, 3.05) is 7.11 Å². The summed E-state index contributed by atoms with van der Waals surface area (Å²) in [6.45, 7) is 2.01. The average molecular weight is 221 g/mol. The molecule has 1 rings (SSSR count). The van der Waals surface area contributed by atoms with Crippen molar-refractivity contribution in [1.29, 1.82) is 5.41 Å². The minimum Gasteiger partial charge on any atom is -0.497 e. The summed E-state index contributed by atoms with van der Waals surface area (Å²) < 4.78 is 10.3. The number of nitrogens with two attached hydrogens (primary N) is 1. The van der Waals surface area contributed by atoms with Crippen LogP contribution in [0.1, 0.15) is 25.3 Å². The lowest BCUT2D eigenvalue weighted by Gasteiger charge is -2.05. The summed E-state index contributed by atoms with van der Waals surface area (Å²) in [5.41, 5.74) is 0.651. The first-order chi connectivity index (χ1) is 7.67. The van der Waals surface area contributed by atoms with Crippen LogP contribution < -0.4 is 10.1 Å². The van der Waals surface area contributed by atoms with Crippen molar-refractivity contribution in [1.82, 2.24) is 0 Å². The third kappa shape index (κ3) is 3.38. The monoisotopic (exact) mass is 221 g/mol. The molecule has 4 nitrogen and oxygen atoms in total. The Labute approximate surface area is 95.2 Å². The highest BCUT2D eigenvalue weighted by Gasteiger charge is 2.10. The second-order valence-electron chi connectivity index (χ2n) is 3.38. The molecular formula is C12H17N2O2+. The van der Waals surface area contributed by atoms with Gasteiger partial charge >= 0.3 is 5.90 Å². The molecule has 0 amide bonds. The summed E-state index contributed by atoms with van der Waals surface area (Å²) in [5, 5.41) is 13.3. The third-order valence-corrected chi connectivity index (χ3v) is 2.06. The fourth-order valence-electron chi connectivity index (χ4n) is 1.25. The predicted octanol–water partition coefficient (Wildman–Crippen LogP) is 0.995. The van der Waals surface area contributed by atoms with Gasteiger partial charge in [0.25, 0.3) is 0 Å². The molecule has 16 heavy (non-hydrogen) atoms. The SMILES string of the molecule is CCCC(=[NH2+])OC(=N)c1cccc(OC)c1. The Morgan fingerprint density at radius 1 is 1.44 bits per heavy atom. The molecule has 1 aromatic carbocycles. The molecule has 0 bridgehead atoms. The molecule has 0 aliphatic heterocycles. The lowest BCUT2D eigenvalue weighted by Crippen LogP contribution is -2.42. The van der Waals surface area contributed by atoms with Crippen LogP contribution in [0.25, 0.3) is 0 Å². The maximum atomic E-state index is 7.73. The first kappa shape index (κ1) is 12.2. The van der Waals surface area contributed by atoms with Gasteiger partial charge in [0.1, 0.15) is 5.75 Å². The largest absolute Gasteiger partial charge is 0.497 e. The van der Waals surface area contributed by atoms with Crippen LogP contribution in [0, 0.1) is 5.41 Å². The van der Waals surface area contributed by atoms with Crippen LogP contribution in [-0.2, 0) is 4.74 Å². The second-order valence-corrected chi connectivity index (χ2v) is 3.38. The standard InChI is InChI=1S/C12H16N2O2/c1-3-5-11(13)16-12(14)9-6-4-7-10(8-9)15-2/h4,6-8,13-14H,3,5H2,1-2H3/p+1. The van der Waals surface area contributed by atoms with E-state index >= 15 is 0 Å². The van der Waals surface area contributed by atoms with Crippen LogP contribution in [0.3, 0.4) is 0 Å². The molecule has 86 valence electrons. The maximum absolute atomic E-state index is 7.73. The van der Waals surface area contributed by atoms with Crippen molar-refractivity contribution in [2.45, 2.75) is 19.8 Å². The molecule has 0 heterocycles. The van der Waals surface area contributed by atoms with Gasteiger partial charge in [0.15, 0.2) is 0 Å². The molecular weight excluding hydrogens is 204 g/mol. The van der Waals surface area contributed by atoms with Crippen LogP contribution in [0.15, 0.2) is 24.3 Å². The van der Waals surface area contributed by atoms with E-state index in [2.05, 4.69) is 0 Å². The summed E-state index contributed by atoms with van der Waals surface area (Å²) in [5.74, 6) is 1.11. The third-order valence-electron chi connectivity index (χ3n) is 2.06. The highest BCUT2D eigenvalue weighted by Crippen LogP contribution is 2.13. The first-order valence-corrected chi connectivity index (χ1v) is 5.19. The number of nitrogens with one attached hydrogen (secondary N) is 1. The molecule has 0 aliphatic carbocycles. The van der Waals surface area contributed by atoms with Gasteiger partial charge in [-0.05, 0) is 24.6 Å². The Balaban J connectivity index is 2.69. The van der Waals surface area contributed by atoms with Crippen molar-refractivity contribution in [2.24, 2.45) is 0 Å². The summed E-state index contributed by atoms with van der Waals surface area (Å²) in [7, 11) is 1.58. The Morgan fingerprint density at radius 2 is 2.19 bits per heavy atom. The number of ether oxygens (including phenoxy) is 2. The van der Waals surface area contributed by atoms with Gasteiger partial charge in [0, 0.05) is 5.56 Å². The molecule has 0 aromatic heterocycles. The van der Waals surface area contributed by atoms with E-state index in [1.165, 1.54) is 0 Å². The molecule has 3 N–H and O–H groups in total. The van der Waals surface area contributed by atoms with E-state index in [-0.39, 0.29) is 5.90 Å². The number of hydrogen-bond donors (Lipinski definition) is 2. The van der Waals surface area contributed by atoms with Crippen LogP contribution in [0.4, 0.5) is 0 Å². The smallest absolute Gasteiger partial charge is 0.339 e. The van der Waals surface area contributed by atoms with Crippen molar-refractivity contribution in [3.63, 3.8) is 0 Å². The second kappa shape index (κ2) is 5.90. The molecule has 0 aliphatic rings. The summed E-state index contributed by atoms with van der Waals surface area (Å²) in [4.78, 5) is 0. The number of benzene rings is 1. The van der Waals surface area contributed by atoms with Gasteiger partial charge in [-0.3, -0.25) is 5.41 Å². The highest BCUT2D eigenvalue weighted by atomic mass is 16.5. The summed E-state index contributed by atoms with van der Waals surface area (Å²) >= 11 is 0. The van der Waals surface area contributed by atoms with E-state index < -0.39 is 0 Å².